The van der Waals surface area contributed by atoms with Crippen molar-refractivity contribution in [2.75, 3.05) is 13.6 Å². The highest BCUT2D eigenvalue weighted by atomic mass is 35.5. The smallest absolute Gasteiger partial charge is 0.261 e. The average molecular weight is 484 g/mol. The van der Waals surface area contributed by atoms with Gasteiger partial charge in [0.1, 0.15) is 11.5 Å². The maximum atomic E-state index is 13.1. The van der Waals surface area contributed by atoms with Gasteiger partial charge in [0.05, 0.1) is 4.90 Å². The van der Waals surface area contributed by atoms with Crippen LogP contribution in [0.2, 0.25) is 5.02 Å². The first-order valence-corrected chi connectivity index (χ1v) is 11.7. The van der Waals surface area contributed by atoms with Crippen molar-refractivity contribution in [2.45, 2.75) is 30.4 Å². The van der Waals surface area contributed by atoms with Crippen molar-refractivity contribution in [3.63, 3.8) is 0 Å². The number of hydrazine groups is 1. The molecule has 0 heterocycles. The van der Waals surface area contributed by atoms with Gasteiger partial charge < -0.3 is 10.1 Å². The second-order valence-corrected chi connectivity index (χ2v) is 9.91. The van der Waals surface area contributed by atoms with Gasteiger partial charge in [-0.15, -0.1) is 0 Å². The van der Waals surface area contributed by atoms with Gasteiger partial charge in [-0.1, -0.05) is 25.4 Å². The highest BCUT2D eigenvalue weighted by Gasteiger charge is 2.34. The van der Waals surface area contributed by atoms with E-state index in [9.17, 15) is 23.2 Å². The summed E-state index contributed by atoms with van der Waals surface area (Å²) in [5.74, 6) is -0.528. The SMILES string of the molecule is CNC(=O)[C@@H](CNN(O)C(=O)CC(C)C)S(=O)(=O)c1ccc(Oc2ccc(Cl)cc2)cc1. The molecule has 2 rings (SSSR count). The summed E-state index contributed by atoms with van der Waals surface area (Å²) in [4.78, 5) is 24.0. The second kappa shape index (κ2) is 11.3. The lowest BCUT2D eigenvalue weighted by molar-refractivity contribution is -0.180. The molecule has 32 heavy (non-hydrogen) atoms. The fourth-order valence-corrected chi connectivity index (χ4v) is 4.36. The molecular weight excluding hydrogens is 458 g/mol. The Morgan fingerprint density at radius 3 is 2.09 bits per heavy atom. The Balaban J connectivity index is 2.15. The van der Waals surface area contributed by atoms with Gasteiger partial charge in [-0.2, -0.15) is 5.17 Å². The number of hydrogen-bond donors (Lipinski definition) is 3. The number of hydrogen-bond acceptors (Lipinski definition) is 7. The molecule has 2 aromatic rings. The largest absolute Gasteiger partial charge is 0.457 e. The number of halogens is 1. The number of nitrogens with one attached hydrogen (secondary N) is 2. The summed E-state index contributed by atoms with van der Waals surface area (Å²) in [7, 11) is -2.85. The van der Waals surface area contributed by atoms with Crippen LogP contribution in [-0.2, 0) is 19.4 Å². The first-order chi connectivity index (χ1) is 15.0. The maximum absolute atomic E-state index is 13.1. The summed E-state index contributed by atoms with van der Waals surface area (Å²) in [6.07, 6.45) is 0.0516. The summed E-state index contributed by atoms with van der Waals surface area (Å²) in [6.45, 7) is 3.08. The lowest BCUT2D eigenvalue weighted by atomic mass is 10.1. The first kappa shape index (κ1) is 25.6. The van der Waals surface area contributed by atoms with Crippen molar-refractivity contribution in [1.29, 1.82) is 0 Å². The number of carbonyl (C=O) groups is 2. The van der Waals surface area contributed by atoms with Crippen LogP contribution >= 0.6 is 11.6 Å². The van der Waals surface area contributed by atoms with Gasteiger partial charge in [-0.05, 0) is 54.4 Å². The van der Waals surface area contributed by atoms with E-state index in [-0.39, 0.29) is 22.4 Å². The van der Waals surface area contributed by atoms with Gasteiger partial charge in [0, 0.05) is 25.0 Å². The zero-order chi connectivity index (χ0) is 23.9. The van der Waals surface area contributed by atoms with Gasteiger partial charge in [-0.25, -0.2) is 13.8 Å². The van der Waals surface area contributed by atoms with Gasteiger partial charge in [0.15, 0.2) is 15.1 Å². The summed E-state index contributed by atoms with van der Waals surface area (Å²) >= 11 is 5.84. The van der Waals surface area contributed by atoms with Crippen molar-refractivity contribution < 1.29 is 28.0 Å². The molecule has 2 amide bonds. The molecule has 9 nitrogen and oxygen atoms in total. The van der Waals surface area contributed by atoms with Crippen LogP contribution in [0.3, 0.4) is 0 Å². The average Bonchev–Trinajstić information content (AvgIpc) is 2.74. The zero-order valence-corrected chi connectivity index (χ0v) is 19.5. The molecule has 0 fully saturated rings. The van der Waals surface area contributed by atoms with E-state index in [1.54, 1.807) is 38.1 Å². The Morgan fingerprint density at radius 2 is 1.59 bits per heavy atom. The second-order valence-electron chi connectivity index (χ2n) is 7.34. The highest BCUT2D eigenvalue weighted by molar-refractivity contribution is 7.92. The molecule has 3 N–H and O–H groups in total. The van der Waals surface area contributed by atoms with Crippen molar-refractivity contribution in [3.8, 4) is 11.5 Å². The molecule has 0 spiro atoms. The fraction of sp³-hybridized carbons (Fsp3) is 0.333. The van der Waals surface area contributed by atoms with E-state index in [1.165, 1.54) is 31.3 Å². The standard InChI is InChI=1S/C21H26ClN3O6S/c1-14(2)12-20(26)25(28)24-13-19(21(27)23-3)32(29,30)18-10-8-17(9-11-18)31-16-6-4-15(22)5-7-16/h4-11,14,19,24,28H,12-13H2,1-3H3,(H,23,27)/t19-/m1/s1. The molecule has 11 heteroatoms. The number of carbonyl (C=O) groups excluding carboxylic acids is 2. The van der Waals surface area contributed by atoms with Crippen LogP contribution in [0.4, 0.5) is 0 Å². The van der Waals surface area contributed by atoms with Crippen LogP contribution in [0.5, 0.6) is 11.5 Å². The Hall–Kier alpha value is -2.66. The van der Waals surface area contributed by atoms with Crippen molar-refractivity contribution >= 4 is 33.3 Å². The minimum Gasteiger partial charge on any atom is -0.457 e. The molecule has 0 aliphatic carbocycles. The van der Waals surface area contributed by atoms with E-state index in [0.29, 0.717) is 16.5 Å². The Labute approximate surface area is 192 Å². The number of amides is 2. The summed E-state index contributed by atoms with van der Waals surface area (Å²) < 4.78 is 31.8. The quantitative estimate of drug-likeness (QED) is 0.350. The molecule has 0 saturated carbocycles. The lowest BCUT2D eigenvalue weighted by Gasteiger charge is -2.21. The van der Waals surface area contributed by atoms with E-state index < -0.39 is 33.4 Å². The Morgan fingerprint density at radius 1 is 1.06 bits per heavy atom. The van der Waals surface area contributed by atoms with E-state index in [0.717, 1.165) is 0 Å². The van der Waals surface area contributed by atoms with E-state index in [2.05, 4.69) is 10.7 Å². The molecule has 0 aliphatic rings. The molecule has 174 valence electrons. The topological polar surface area (TPSA) is 125 Å². The minimum absolute atomic E-state index is 0.00831. The van der Waals surface area contributed by atoms with Crippen LogP contribution in [0.15, 0.2) is 53.4 Å². The molecule has 0 saturated heterocycles. The number of nitrogens with zero attached hydrogens (tertiary/aromatic N) is 1. The molecular formula is C21H26ClN3O6S. The third-order valence-corrected chi connectivity index (χ3v) is 6.67. The van der Waals surface area contributed by atoms with Crippen LogP contribution in [0.25, 0.3) is 0 Å². The summed E-state index contributed by atoms with van der Waals surface area (Å²) in [5.41, 5.74) is 2.29. The summed E-state index contributed by atoms with van der Waals surface area (Å²) in [6, 6.07) is 12.2. The molecule has 1 atom stereocenters. The molecule has 2 aromatic carbocycles. The zero-order valence-electron chi connectivity index (χ0n) is 17.9. The number of rotatable bonds is 10. The van der Waals surface area contributed by atoms with Gasteiger partial charge >= 0.3 is 0 Å². The monoisotopic (exact) mass is 483 g/mol. The number of sulfone groups is 1. The van der Waals surface area contributed by atoms with E-state index in [1.807, 2.05) is 0 Å². The molecule has 0 unspecified atom stereocenters. The van der Waals surface area contributed by atoms with Crippen LogP contribution in [0.1, 0.15) is 20.3 Å². The van der Waals surface area contributed by atoms with Gasteiger partial charge in [-0.3, -0.25) is 14.8 Å². The van der Waals surface area contributed by atoms with Crippen molar-refractivity contribution in [2.24, 2.45) is 5.92 Å². The van der Waals surface area contributed by atoms with Crippen molar-refractivity contribution in [1.82, 2.24) is 15.9 Å². The van der Waals surface area contributed by atoms with E-state index >= 15 is 0 Å². The normalized spacial score (nSPS) is 12.3. The fourth-order valence-electron chi connectivity index (χ4n) is 2.70. The van der Waals surface area contributed by atoms with Crippen LogP contribution in [-0.4, -0.2) is 49.5 Å². The number of ether oxygens (including phenoxy) is 1. The Kier molecular flexibility index (Phi) is 9.02. The van der Waals surface area contributed by atoms with Gasteiger partial charge in [0.25, 0.3) is 5.91 Å². The first-order valence-electron chi connectivity index (χ1n) is 9.79. The number of hydroxylamine groups is 1. The molecule has 0 bridgehead atoms. The highest BCUT2D eigenvalue weighted by Crippen LogP contribution is 2.25. The predicted octanol–water partition coefficient (Wildman–Crippen LogP) is 2.79. The van der Waals surface area contributed by atoms with Crippen LogP contribution < -0.4 is 15.5 Å². The van der Waals surface area contributed by atoms with Gasteiger partial charge in [0.2, 0.25) is 5.91 Å². The third kappa shape index (κ3) is 6.92. The lowest BCUT2D eigenvalue weighted by Crippen LogP contribution is -2.50. The predicted molar refractivity (Wildman–Crippen MR) is 119 cm³/mol. The number of benzene rings is 2. The summed E-state index contributed by atoms with van der Waals surface area (Å²) in [5, 5.41) is 11.3. The minimum atomic E-state index is -4.15. The molecule has 0 radical (unpaired) electrons. The van der Waals surface area contributed by atoms with Crippen molar-refractivity contribution in [3.05, 3.63) is 53.6 Å². The molecule has 0 aromatic heterocycles. The molecule has 0 aliphatic heterocycles. The maximum Gasteiger partial charge on any atom is 0.261 e. The van der Waals surface area contributed by atoms with E-state index in [4.69, 9.17) is 16.3 Å². The van der Waals surface area contributed by atoms with Crippen LogP contribution in [0, 0.1) is 5.92 Å². The Bertz CT molecular complexity index is 1030. The third-order valence-electron chi connectivity index (χ3n) is 4.36.